The zero-order valence-corrected chi connectivity index (χ0v) is 6.69. The van der Waals surface area contributed by atoms with Gasteiger partial charge < -0.3 is 11.5 Å². The van der Waals surface area contributed by atoms with E-state index in [0.717, 1.165) is 0 Å². The van der Waals surface area contributed by atoms with Gasteiger partial charge >= 0.3 is 0 Å². The highest BCUT2D eigenvalue weighted by atomic mass is 32.2. The minimum Gasteiger partial charge on any atom is -0.369 e. The van der Waals surface area contributed by atoms with Crippen molar-refractivity contribution in [2.45, 2.75) is 12.2 Å². The Labute approximate surface area is 62.4 Å². The largest absolute Gasteiger partial charge is 0.369 e. The number of nitrogens with two attached hydrogens (primary N) is 2. The first-order valence-electron chi connectivity index (χ1n) is 2.96. The van der Waals surface area contributed by atoms with Gasteiger partial charge in [-0.05, 0) is 6.92 Å². The summed E-state index contributed by atoms with van der Waals surface area (Å²) in [5, 5.41) is -0.580. The van der Waals surface area contributed by atoms with Gasteiger partial charge in [0.25, 0.3) is 0 Å². The summed E-state index contributed by atoms with van der Waals surface area (Å²) in [5.41, 5.74) is 10.0. The smallest absolute Gasteiger partial charge is 0.232 e. The number of rotatable bonds is 4. The SMILES string of the molecule is CC(C(N)=O)S(=O)CCN. The van der Waals surface area contributed by atoms with E-state index < -0.39 is 22.0 Å². The first-order valence-corrected chi connectivity index (χ1v) is 4.34. The molecule has 0 aliphatic rings. The fourth-order valence-corrected chi connectivity index (χ4v) is 1.27. The van der Waals surface area contributed by atoms with Crippen molar-refractivity contribution in [1.29, 1.82) is 0 Å². The van der Waals surface area contributed by atoms with Gasteiger partial charge in [0.15, 0.2) is 0 Å². The molecule has 60 valence electrons. The molecule has 2 atom stereocenters. The van der Waals surface area contributed by atoms with Crippen molar-refractivity contribution in [3.63, 3.8) is 0 Å². The predicted octanol–water partition coefficient (Wildman–Crippen LogP) is -1.43. The number of hydrogen-bond donors (Lipinski definition) is 2. The van der Waals surface area contributed by atoms with Gasteiger partial charge in [-0.25, -0.2) is 0 Å². The molecular formula is C5H12N2O2S. The van der Waals surface area contributed by atoms with E-state index in [1.165, 1.54) is 6.92 Å². The van der Waals surface area contributed by atoms with Crippen LogP contribution in [-0.4, -0.2) is 27.7 Å². The third kappa shape index (κ3) is 2.93. The van der Waals surface area contributed by atoms with Crippen molar-refractivity contribution in [1.82, 2.24) is 0 Å². The highest BCUT2D eigenvalue weighted by Crippen LogP contribution is 1.92. The van der Waals surface area contributed by atoms with Crippen LogP contribution >= 0.6 is 0 Å². The molecule has 4 N–H and O–H groups in total. The summed E-state index contributed by atoms with van der Waals surface area (Å²) in [7, 11) is -1.19. The highest BCUT2D eigenvalue weighted by Gasteiger charge is 2.15. The van der Waals surface area contributed by atoms with Gasteiger partial charge in [0.05, 0.1) is 0 Å². The summed E-state index contributed by atoms with van der Waals surface area (Å²) < 4.78 is 10.9. The molecule has 4 nitrogen and oxygen atoms in total. The van der Waals surface area contributed by atoms with Gasteiger partial charge in [-0.3, -0.25) is 9.00 Å². The average Bonchev–Trinajstić information content (AvgIpc) is 1.87. The summed E-state index contributed by atoms with van der Waals surface area (Å²) in [6, 6.07) is 0. The minimum atomic E-state index is -1.19. The summed E-state index contributed by atoms with van der Waals surface area (Å²) in [5.74, 6) is -0.198. The number of carbonyl (C=O) groups is 1. The van der Waals surface area contributed by atoms with Gasteiger partial charge in [0.1, 0.15) is 5.25 Å². The lowest BCUT2D eigenvalue weighted by molar-refractivity contribution is -0.117. The molecule has 0 radical (unpaired) electrons. The van der Waals surface area contributed by atoms with Gasteiger partial charge in [-0.15, -0.1) is 0 Å². The van der Waals surface area contributed by atoms with Crippen molar-refractivity contribution < 1.29 is 9.00 Å². The van der Waals surface area contributed by atoms with Crippen LogP contribution in [0.5, 0.6) is 0 Å². The van der Waals surface area contributed by atoms with E-state index >= 15 is 0 Å². The fraction of sp³-hybridized carbons (Fsp3) is 0.800. The van der Waals surface area contributed by atoms with E-state index in [1.807, 2.05) is 0 Å². The fourth-order valence-electron chi connectivity index (χ4n) is 0.422. The molecular weight excluding hydrogens is 152 g/mol. The molecule has 10 heavy (non-hydrogen) atoms. The number of carbonyl (C=O) groups excluding carboxylic acids is 1. The molecule has 0 saturated heterocycles. The van der Waals surface area contributed by atoms with Crippen LogP contribution in [0, 0.1) is 0 Å². The Kier molecular flexibility index (Phi) is 4.22. The molecule has 2 unspecified atom stereocenters. The lowest BCUT2D eigenvalue weighted by atomic mass is 10.5. The topological polar surface area (TPSA) is 86.2 Å². The minimum absolute atomic E-state index is 0.324. The van der Waals surface area contributed by atoms with E-state index in [2.05, 4.69) is 0 Å². The lowest BCUT2D eigenvalue weighted by Gasteiger charge is -2.04. The second-order valence-electron chi connectivity index (χ2n) is 1.92. The molecule has 0 aliphatic carbocycles. The molecule has 0 rings (SSSR count). The number of hydrogen-bond acceptors (Lipinski definition) is 3. The van der Waals surface area contributed by atoms with E-state index in [9.17, 15) is 9.00 Å². The maximum absolute atomic E-state index is 10.9. The van der Waals surface area contributed by atoms with E-state index in [1.54, 1.807) is 0 Å². The maximum atomic E-state index is 10.9. The van der Waals surface area contributed by atoms with Crippen LogP contribution in [0.25, 0.3) is 0 Å². The van der Waals surface area contributed by atoms with Crippen LogP contribution in [-0.2, 0) is 15.6 Å². The monoisotopic (exact) mass is 164 g/mol. The van der Waals surface area contributed by atoms with Crippen molar-refractivity contribution in [3.05, 3.63) is 0 Å². The van der Waals surface area contributed by atoms with Crippen LogP contribution in [0.15, 0.2) is 0 Å². The molecule has 0 aromatic rings. The van der Waals surface area contributed by atoms with E-state index in [0.29, 0.717) is 12.3 Å². The first kappa shape index (κ1) is 9.58. The van der Waals surface area contributed by atoms with E-state index in [4.69, 9.17) is 11.5 Å². The van der Waals surface area contributed by atoms with Gasteiger partial charge in [0.2, 0.25) is 5.91 Å². The average molecular weight is 164 g/mol. The normalized spacial score (nSPS) is 16.2. The van der Waals surface area contributed by atoms with Crippen LogP contribution < -0.4 is 11.5 Å². The van der Waals surface area contributed by atoms with Crippen molar-refractivity contribution in [2.75, 3.05) is 12.3 Å². The van der Waals surface area contributed by atoms with E-state index in [-0.39, 0.29) is 0 Å². The van der Waals surface area contributed by atoms with Crippen molar-refractivity contribution >= 4 is 16.7 Å². The molecule has 0 aromatic carbocycles. The summed E-state index contributed by atoms with van der Waals surface area (Å²) in [6.45, 7) is 1.86. The molecule has 1 amide bonds. The second-order valence-corrected chi connectivity index (χ2v) is 3.79. The number of amides is 1. The van der Waals surface area contributed by atoms with Gasteiger partial charge in [-0.1, -0.05) is 0 Å². The Hall–Kier alpha value is -0.420. The summed E-state index contributed by atoms with van der Waals surface area (Å²) in [4.78, 5) is 10.4. The summed E-state index contributed by atoms with van der Waals surface area (Å²) in [6.07, 6.45) is 0. The molecule has 0 aliphatic heterocycles. The lowest BCUT2D eigenvalue weighted by Crippen LogP contribution is -2.32. The Balaban J connectivity index is 3.82. The first-order chi connectivity index (χ1) is 4.59. The second kappa shape index (κ2) is 4.40. The third-order valence-electron chi connectivity index (χ3n) is 1.11. The van der Waals surface area contributed by atoms with Crippen LogP contribution in [0.4, 0.5) is 0 Å². The highest BCUT2D eigenvalue weighted by molar-refractivity contribution is 7.86. The molecule has 0 heterocycles. The van der Waals surface area contributed by atoms with Crippen LogP contribution in [0.2, 0.25) is 0 Å². The Morgan fingerprint density at radius 2 is 2.20 bits per heavy atom. The van der Waals surface area contributed by atoms with Crippen LogP contribution in [0.3, 0.4) is 0 Å². The van der Waals surface area contributed by atoms with Crippen molar-refractivity contribution in [2.24, 2.45) is 11.5 Å². The maximum Gasteiger partial charge on any atom is 0.232 e. The third-order valence-corrected chi connectivity index (χ3v) is 2.77. The number of primary amides is 1. The van der Waals surface area contributed by atoms with Gasteiger partial charge in [-0.2, -0.15) is 0 Å². The Morgan fingerprint density at radius 3 is 2.50 bits per heavy atom. The van der Waals surface area contributed by atoms with Crippen molar-refractivity contribution in [3.8, 4) is 0 Å². The molecule has 0 spiro atoms. The molecule has 0 aromatic heterocycles. The predicted molar refractivity (Wildman–Crippen MR) is 40.7 cm³/mol. The summed E-state index contributed by atoms with van der Waals surface area (Å²) >= 11 is 0. The van der Waals surface area contributed by atoms with Crippen LogP contribution in [0.1, 0.15) is 6.92 Å². The quantitative estimate of drug-likeness (QED) is 0.534. The molecule has 0 fully saturated rings. The molecule has 5 heteroatoms. The Morgan fingerprint density at radius 1 is 1.70 bits per heavy atom. The van der Waals surface area contributed by atoms with Gasteiger partial charge in [0, 0.05) is 23.1 Å². The zero-order chi connectivity index (χ0) is 8.15. The molecule has 0 saturated carbocycles. The standard InChI is InChI=1S/C5H12N2O2S/c1-4(5(7)8)10(9)3-2-6/h4H,2-3,6H2,1H3,(H2,7,8). The Bertz CT molecular complexity index is 149. The zero-order valence-electron chi connectivity index (χ0n) is 5.87. The molecule has 0 bridgehead atoms.